The minimum atomic E-state index is -0.733. The summed E-state index contributed by atoms with van der Waals surface area (Å²) in [4.78, 5) is 15.3. The normalized spacial score (nSPS) is 21.6. The summed E-state index contributed by atoms with van der Waals surface area (Å²) in [5, 5.41) is 21.9. The number of halogens is 1. The van der Waals surface area contributed by atoms with E-state index >= 15 is 0 Å². The lowest BCUT2D eigenvalue weighted by atomic mass is 10.2. The molecular weight excluding hydrogens is 414 g/mol. The van der Waals surface area contributed by atoms with E-state index in [0.29, 0.717) is 18.8 Å². The number of hydrogen-bond acceptors (Lipinski definition) is 7. The molecule has 0 radical (unpaired) electrons. The Morgan fingerprint density at radius 2 is 1.86 bits per heavy atom. The molecule has 2 atom stereocenters. The van der Waals surface area contributed by atoms with Crippen molar-refractivity contribution in [1.82, 2.24) is 9.97 Å². The van der Waals surface area contributed by atoms with E-state index in [1.54, 1.807) is 23.1 Å². The summed E-state index contributed by atoms with van der Waals surface area (Å²) in [6, 6.07) is 7.77. The van der Waals surface area contributed by atoms with Crippen LogP contribution in [0.5, 0.6) is 0 Å². The second-order valence-corrected chi connectivity index (χ2v) is 9.85. The Labute approximate surface area is 176 Å². The maximum atomic E-state index is 10.0. The molecule has 1 fully saturated rings. The Morgan fingerprint density at radius 1 is 1.11 bits per heavy atom. The molecule has 8 heteroatoms. The molecule has 2 aromatic heterocycles. The third-order valence-electron chi connectivity index (χ3n) is 5.33. The molecule has 0 saturated carbocycles. The van der Waals surface area contributed by atoms with Gasteiger partial charge in [-0.2, -0.15) is 0 Å². The summed E-state index contributed by atoms with van der Waals surface area (Å²) >= 11 is 9.42. The number of nitrogens with zero attached hydrogens (tertiary/aromatic N) is 3. The number of thiophene rings is 1. The van der Waals surface area contributed by atoms with Gasteiger partial charge in [0.05, 0.1) is 23.3 Å². The van der Waals surface area contributed by atoms with Crippen molar-refractivity contribution in [2.75, 3.05) is 18.0 Å². The van der Waals surface area contributed by atoms with E-state index < -0.39 is 12.2 Å². The van der Waals surface area contributed by atoms with E-state index in [0.717, 1.165) is 44.6 Å². The quantitative estimate of drug-likeness (QED) is 0.612. The first-order valence-corrected chi connectivity index (χ1v) is 11.6. The van der Waals surface area contributed by atoms with Gasteiger partial charge in [0.25, 0.3) is 0 Å². The number of benzene rings is 1. The highest BCUT2D eigenvalue weighted by molar-refractivity contribution is 7.98. The van der Waals surface area contributed by atoms with Crippen LogP contribution in [0.15, 0.2) is 29.2 Å². The van der Waals surface area contributed by atoms with Crippen molar-refractivity contribution in [2.24, 2.45) is 0 Å². The average Bonchev–Trinajstić information content (AvgIpc) is 3.35. The Kier molecular flexibility index (Phi) is 4.97. The molecule has 3 heterocycles. The molecular formula is C20H20ClN3O2S2. The van der Waals surface area contributed by atoms with Crippen molar-refractivity contribution in [1.29, 1.82) is 0 Å². The molecule has 146 valence electrons. The Hall–Kier alpha value is -1.38. The number of aryl methyl sites for hydroxylation is 2. The third kappa shape index (κ3) is 3.39. The van der Waals surface area contributed by atoms with Crippen LogP contribution in [0.3, 0.4) is 0 Å². The highest BCUT2D eigenvalue weighted by Gasteiger charge is 2.33. The Bertz CT molecular complexity index is 1010. The van der Waals surface area contributed by atoms with Crippen LogP contribution in [-0.4, -0.2) is 45.5 Å². The minimum Gasteiger partial charge on any atom is -0.389 e. The third-order valence-corrected chi connectivity index (χ3v) is 7.78. The maximum Gasteiger partial charge on any atom is 0.142 e. The van der Waals surface area contributed by atoms with Crippen LogP contribution < -0.4 is 4.90 Å². The first kappa shape index (κ1) is 18.6. The van der Waals surface area contributed by atoms with E-state index in [4.69, 9.17) is 21.6 Å². The molecule has 2 aliphatic rings. The summed E-state index contributed by atoms with van der Waals surface area (Å²) in [5.41, 5.74) is 1.36. The lowest BCUT2D eigenvalue weighted by Gasteiger charge is -2.19. The molecule has 1 saturated heterocycles. The first-order chi connectivity index (χ1) is 13.6. The molecule has 1 aromatic carbocycles. The first-order valence-electron chi connectivity index (χ1n) is 9.39. The predicted octanol–water partition coefficient (Wildman–Crippen LogP) is 3.67. The Morgan fingerprint density at radius 3 is 2.61 bits per heavy atom. The van der Waals surface area contributed by atoms with Gasteiger partial charge in [-0.1, -0.05) is 11.6 Å². The summed E-state index contributed by atoms with van der Waals surface area (Å²) < 4.78 is 0. The van der Waals surface area contributed by atoms with Gasteiger partial charge in [0, 0.05) is 27.9 Å². The van der Waals surface area contributed by atoms with Gasteiger partial charge >= 0.3 is 0 Å². The summed E-state index contributed by atoms with van der Waals surface area (Å²) in [6.45, 7) is 0.809. The summed E-state index contributed by atoms with van der Waals surface area (Å²) in [6.07, 6.45) is 1.88. The van der Waals surface area contributed by atoms with Crippen LogP contribution in [0.2, 0.25) is 5.02 Å². The van der Waals surface area contributed by atoms with Crippen molar-refractivity contribution >= 4 is 50.7 Å². The van der Waals surface area contributed by atoms with Crippen LogP contribution in [0.1, 0.15) is 22.7 Å². The summed E-state index contributed by atoms with van der Waals surface area (Å²) in [7, 11) is 0. The van der Waals surface area contributed by atoms with Crippen LogP contribution in [0, 0.1) is 0 Å². The van der Waals surface area contributed by atoms with Crippen molar-refractivity contribution < 1.29 is 10.2 Å². The number of thioether (sulfide) groups is 1. The number of fused-ring (bicyclic) bond motifs is 3. The zero-order valence-electron chi connectivity index (χ0n) is 15.1. The highest BCUT2D eigenvalue weighted by Crippen LogP contribution is 2.41. The van der Waals surface area contributed by atoms with Crippen LogP contribution in [-0.2, 0) is 18.6 Å². The number of hydrogen-bond donors (Lipinski definition) is 2. The second-order valence-electron chi connectivity index (χ2n) is 7.28. The fourth-order valence-electron chi connectivity index (χ4n) is 3.93. The monoisotopic (exact) mass is 433 g/mol. The minimum absolute atomic E-state index is 0.404. The molecule has 0 bridgehead atoms. The van der Waals surface area contributed by atoms with Crippen molar-refractivity contribution in [2.45, 2.75) is 42.1 Å². The summed E-state index contributed by atoms with van der Waals surface area (Å²) in [5.74, 6) is 2.30. The molecule has 1 aliphatic carbocycles. The molecule has 5 rings (SSSR count). The number of β-amino-alcohol motifs (C(OH)–C–C–N with tert-alkyl or cyclic N) is 2. The number of rotatable bonds is 4. The van der Waals surface area contributed by atoms with Gasteiger partial charge in [-0.05, 0) is 49.1 Å². The van der Waals surface area contributed by atoms with Gasteiger partial charge in [-0.3, -0.25) is 0 Å². The van der Waals surface area contributed by atoms with Gasteiger partial charge in [0.15, 0.2) is 0 Å². The Balaban J connectivity index is 1.51. The highest BCUT2D eigenvalue weighted by atomic mass is 35.5. The molecule has 0 amide bonds. The molecule has 3 aromatic rings. The van der Waals surface area contributed by atoms with Gasteiger partial charge in [0.2, 0.25) is 0 Å². The van der Waals surface area contributed by atoms with Gasteiger partial charge in [0.1, 0.15) is 16.5 Å². The number of aromatic nitrogens is 2. The number of aliphatic hydroxyl groups excluding tert-OH is 2. The SMILES string of the molecule is O[C@@H]1CN(c2nc(CSc3ccc(Cl)cc3)nc3sc4c(c23)CCC4)C[C@@H]1O. The van der Waals surface area contributed by atoms with Crippen LogP contribution in [0.4, 0.5) is 5.82 Å². The van der Waals surface area contributed by atoms with Crippen molar-refractivity contribution in [3.05, 3.63) is 45.6 Å². The van der Waals surface area contributed by atoms with Gasteiger partial charge in [-0.25, -0.2) is 9.97 Å². The van der Waals surface area contributed by atoms with E-state index in [9.17, 15) is 10.2 Å². The maximum absolute atomic E-state index is 10.0. The van der Waals surface area contributed by atoms with Crippen LogP contribution >= 0.6 is 34.7 Å². The van der Waals surface area contributed by atoms with E-state index in [-0.39, 0.29) is 0 Å². The lowest BCUT2D eigenvalue weighted by Crippen LogP contribution is -2.23. The molecule has 2 N–H and O–H groups in total. The molecule has 5 nitrogen and oxygen atoms in total. The van der Waals surface area contributed by atoms with Gasteiger partial charge in [-0.15, -0.1) is 23.1 Å². The molecule has 28 heavy (non-hydrogen) atoms. The molecule has 1 aliphatic heterocycles. The van der Waals surface area contributed by atoms with Crippen molar-refractivity contribution in [3.8, 4) is 0 Å². The average molecular weight is 434 g/mol. The smallest absolute Gasteiger partial charge is 0.142 e. The number of aliphatic hydroxyl groups is 2. The van der Waals surface area contributed by atoms with E-state index in [1.165, 1.54) is 16.9 Å². The van der Waals surface area contributed by atoms with E-state index in [2.05, 4.69) is 0 Å². The standard InChI is InChI=1S/C20H20ClN3O2S2/c21-11-4-6-12(7-5-11)27-10-17-22-19(24-8-14(25)15(26)9-24)18-13-2-1-3-16(13)28-20(18)23-17/h4-7,14-15,25-26H,1-3,8-10H2/t14-,15+. The van der Waals surface area contributed by atoms with Gasteiger partial charge < -0.3 is 15.1 Å². The molecule has 0 spiro atoms. The van der Waals surface area contributed by atoms with Crippen LogP contribution in [0.25, 0.3) is 10.2 Å². The van der Waals surface area contributed by atoms with E-state index in [1.807, 2.05) is 29.2 Å². The number of anilines is 1. The topological polar surface area (TPSA) is 69.5 Å². The second kappa shape index (κ2) is 7.46. The predicted molar refractivity (Wildman–Crippen MR) is 115 cm³/mol. The van der Waals surface area contributed by atoms with Crippen molar-refractivity contribution in [3.63, 3.8) is 0 Å². The zero-order chi connectivity index (χ0) is 19.3. The fraction of sp³-hybridized carbons (Fsp3) is 0.400. The zero-order valence-corrected chi connectivity index (χ0v) is 17.5. The largest absolute Gasteiger partial charge is 0.389 e. The lowest BCUT2D eigenvalue weighted by molar-refractivity contribution is 0.0572. The molecule has 0 unspecified atom stereocenters. The fourth-order valence-corrected chi connectivity index (χ4v) is 6.09.